The third kappa shape index (κ3) is 10.5. The van der Waals surface area contributed by atoms with Crippen LogP contribution in [0.5, 0.6) is 0 Å². The molecule has 0 aromatic carbocycles. The van der Waals surface area contributed by atoms with E-state index in [1.165, 1.54) is 0 Å². The van der Waals surface area contributed by atoms with E-state index in [9.17, 15) is 4.79 Å². The van der Waals surface area contributed by atoms with E-state index in [-0.39, 0.29) is 23.5 Å². The standard InChI is InChI=1S/C14H28O4/c1-11(9-12(15)16)17-8-7-14(5,6)18-10-13(2,3)4/h11H,7-10H2,1-6H3,(H,15,16). The highest BCUT2D eigenvalue weighted by atomic mass is 16.5. The molecule has 18 heavy (non-hydrogen) atoms. The van der Waals surface area contributed by atoms with Crippen LogP contribution in [-0.2, 0) is 14.3 Å². The fourth-order valence-corrected chi connectivity index (χ4v) is 1.29. The summed E-state index contributed by atoms with van der Waals surface area (Å²) in [6.07, 6.45) is 0.553. The number of carbonyl (C=O) groups is 1. The predicted octanol–water partition coefficient (Wildman–Crippen LogP) is 3.10. The van der Waals surface area contributed by atoms with Gasteiger partial charge in [0, 0.05) is 6.61 Å². The quantitative estimate of drug-likeness (QED) is 0.728. The van der Waals surface area contributed by atoms with E-state index in [0.717, 1.165) is 6.42 Å². The summed E-state index contributed by atoms with van der Waals surface area (Å²) < 4.78 is 11.3. The van der Waals surface area contributed by atoms with Gasteiger partial charge in [-0.1, -0.05) is 20.8 Å². The molecular weight excluding hydrogens is 232 g/mol. The minimum Gasteiger partial charge on any atom is -0.481 e. The number of hydrogen-bond acceptors (Lipinski definition) is 3. The Morgan fingerprint density at radius 1 is 1.22 bits per heavy atom. The Labute approximate surface area is 111 Å². The van der Waals surface area contributed by atoms with Crippen molar-refractivity contribution in [1.82, 2.24) is 0 Å². The molecule has 0 aromatic rings. The topological polar surface area (TPSA) is 55.8 Å². The Kier molecular flexibility index (Phi) is 6.86. The Bertz CT molecular complexity index is 253. The lowest BCUT2D eigenvalue weighted by molar-refractivity contribution is -0.140. The number of carboxylic acids is 1. The number of carboxylic acid groups (broad SMARTS) is 1. The Balaban J connectivity index is 3.86. The summed E-state index contributed by atoms with van der Waals surface area (Å²) in [6.45, 7) is 13.5. The van der Waals surface area contributed by atoms with Crippen LogP contribution in [0.3, 0.4) is 0 Å². The van der Waals surface area contributed by atoms with Crippen LogP contribution in [0.2, 0.25) is 0 Å². The molecule has 0 bridgehead atoms. The van der Waals surface area contributed by atoms with Crippen molar-refractivity contribution in [3.05, 3.63) is 0 Å². The lowest BCUT2D eigenvalue weighted by atomic mass is 9.97. The summed E-state index contributed by atoms with van der Waals surface area (Å²) in [4.78, 5) is 10.5. The van der Waals surface area contributed by atoms with E-state index in [1.54, 1.807) is 6.92 Å². The third-order valence-corrected chi connectivity index (χ3v) is 2.46. The maximum Gasteiger partial charge on any atom is 0.305 e. The Morgan fingerprint density at radius 2 is 1.78 bits per heavy atom. The van der Waals surface area contributed by atoms with Gasteiger partial charge in [-0.2, -0.15) is 0 Å². The monoisotopic (exact) mass is 260 g/mol. The molecule has 108 valence electrons. The van der Waals surface area contributed by atoms with Gasteiger partial charge in [0.1, 0.15) is 0 Å². The fourth-order valence-electron chi connectivity index (χ4n) is 1.29. The molecule has 4 nitrogen and oxygen atoms in total. The first-order valence-corrected chi connectivity index (χ1v) is 6.49. The van der Waals surface area contributed by atoms with Gasteiger partial charge < -0.3 is 14.6 Å². The van der Waals surface area contributed by atoms with E-state index < -0.39 is 5.97 Å². The summed E-state index contributed by atoms with van der Waals surface area (Å²) in [5.41, 5.74) is -0.0923. The average Bonchev–Trinajstić information content (AvgIpc) is 2.12. The van der Waals surface area contributed by atoms with Crippen LogP contribution < -0.4 is 0 Å². The summed E-state index contributed by atoms with van der Waals surface area (Å²) in [5, 5.41) is 8.61. The molecule has 0 fully saturated rings. The highest BCUT2D eigenvalue weighted by Crippen LogP contribution is 2.21. The van der Waals surface area contributed by atoms with Crippen LogP contribution in [0.1, 0.15) is 54.4 Å². The molecule has 0 radical (unpaired) electrons. The first-order chi connectivity index (χ1) is 8.02. The van der Waals surface area contributed by atoms with Crippen LogP contribution in [0.4, 0.5) is 0 Å². The van der Waals surface area contributed by atoms with Crippen molar-refractivity contribution in [1.29, 1.82) is 0 Å². The molecule has 0 rings (SSSR count). The Hall–Kier alpha value is -0.610. The van der Waals surface area contributed by atoms with Crippen molar-refractivity contribution < 1.29 is 19.4 Å². The molecule has 0 heterocycles. The van der Waals surface area contributed by atoms with Crippen molar-refractivity contribution in [2.24, 2.45) is 5.41 Å². The van der Waals surface area contributed by atoms with Crippen LogP contribution in [0.25, 0.3) is 0 Å². The molecule has 0 aliphatic carbocycles. The predicted molar refractivity (Wildman–Crippen MR) is 71.8 cm³/mol. The summed E-state index contributed by atoms with van der Waals surface area (Å²) in [5.74, 6) is -0.828. The molecular formula is C14H28O4. The zero-order valence-electron chi connectivity index (χ0n) is 12.6. The molecule has 1 unspecified atom stereocenters. The molecule has 0 amide bonds. The van der Waals surface area contributed by atoms with Crippen molar-refractivity contribution in [2.75, 3.05) is 13.2 Å². The van der Waals surface area contributed by atoms with E-state index >= 15 is 0 Å². The van der Waals surface area contributed by atoms with Crippen LogP contribution in [-0.4, -0.2) is 36.0 Å². The molecule has 0 saturated heterocycles. The van der Waals surface area contributed by atoms with Gasteiger partial charge in [-0.25, -0.2) is 0 Å². The molecule has 0 aliphatic heterocycles. The Morgan fingerprint density at radius 3 is 2.22 bits per heavy atom. The second-order valence-electron chi connectivity index (χ2n) is 6.64. The summed E-state index contributed by atoms with van der Waals surface area (Å²) in [6, 6.07) is 0. The van der Waals surface area contributed by atoms with Crippen LogP contribution in [0, 0.1) is 5.41 Å². The van der Waals surface area contributed by atoms with Gasteiger partial charge in [0.15, 0.2) is 0 Å². The number of ether oxygens (including phenoxy) is 2. The van der Waals surface area contributed by atoms with Crippen molar-refractivity contribution in [3.8, 4) is 0 Å². The molecule has 0 aliphatic rings. The largest absolute Gasteiger partial charge is 0.481 e. The number of aliphatic carboxylic acids is 1. The van der Waals surface area contributed by atoms with E-state index in [0.29, 0.717) is 13.2 Å². The highest BCUT2D eigenvalue weighted by molar-refractivity contribution is 5.67. The normalized spacial score (nSPS) is 14.6. The highest BCUT2D eigenvalue weighted by Gasteiger charge is 2.22. The maximum absolute atomic E-state index is 10.5. The summed E-state index contributed by atoms with van der Waals surface area (Å²) >= 11 is 0. The lowest BCUT2D eigenvalue weighted by Gasteiger charge is -2.30. The van der Waals surface area contributed by atoms with Gasteiger partial charge in [-0.15, -0.1) is 0 Å². The smallest absolute Gasteiger partial charge is 0.305 e. The zero-order valence-corrected chi connectivity index (χ0v) is 12.6. The van der Waals surface area contributed by atoms with Gasteiger partial charge in [-0.3, -0.25) is 4.79 Å². The van der Waals surface area contributed by atoms with Gasteiger partial charge in [0.05, 0.1) is 24.7 Å². The first kappa shape index (κ1) is 17.4. The van der Waals surface area contributed by atoms with Gasteiger partial charge in [-0.05, 0) is 32.6 Å². The number of hydrogen-bond donors (Lipinski definition) is 1. The van der Waals surface area contributed by atoms with Crippen molar-refractivity contribution in [3.63, 3.8) is 0 Å². The average molecular weight is 260 g/mol. The van der Waals surface area contributed by atoms with Crippen LogP contribution in [0.15, 0.2) is 0 Å². The van der Waals surface area contributed by atoms with Crippen LogP contribution >= 0.6 is 0 Å². The van der Waals surface area contributed by atoms with Gasteiger partial charge in [0.2, 0.25) is 0 Å². The minimum atomic E-state index is -0.828. The second kappa shape index (κ2) is 7.10. The first-order valence-electron chi connectivity index (χ1n) is 6.49. The summed E-state index contributed by atoms with van der Waals surface area (Å²) in [7, 11) is 0. The molecule has 0 spiro atoms. The SMILES string of the molecule is CC(CC(=O)O)OCCC(C)(C)OCC(C)(C)C. The molecule has 1 atom stereocenters. The zero-order chi connectivity index (χ0) is 14.4. The lowest BCUT2D eigenvalue weighted by Crippen LogP contribution is -2.31. The molecule has 0 aromatic heterocycles. The molecule has 4 heteroatoms. The van der Waals surface area contributed by atoms with E-state index in [4.69, 9.17) is 14.6 Å². The van der Waals surface area contributed by atoms with E-state index in [1.807, 2.05) is 13.8 Å². The molecule has 0 saturated carbocycles. The van der Waals surface area contributed by atoms with Crippen molar-refractivity contribution >= 4 is 5.97 Å². The van der Waals surface area contributed by atoms with E-state index in [2.05, 4.69) is 20.8 Å². The molecule has 1 N–H and O–H groups in total. The fraction of sp³-hybridized carbons (Fsp3) is 0.929. The minimum absolute atomic E-state index is 0.0449. The van der Waals surface area contributed by atoms with Gasteiger partial charge >= 0.3 is 5.97 Å². The third-order valence-electron chi connectivity index (χ3n) is 2.46. The van der Waals surface area contributed by atoms with Crippen molar-refractivity contribution in [2.45, 2.75) is 66.1 Å². The second-order valence-corrected chi connectivity index (χ2v) is 6.64. The maximum atomic E-state index is 10.5. The van der Waals surface area contributed by atoms with Gasteiger partial charge in [0.25, 0.3) is 0 Å². The number of rotatable bonds is 8.